The number of hydrogen-bond donors (Lipinski definition) is 2. The SMILES string of the molecule is CN=C(NCc1cccnc1N1CCC(C(N)=O)CC1)N1CCC(C)CC1.I. The van der Waals surface area contributed by atoms with Crippen molar-refractivity contribution in [3.05, 3.63) is 23.9 Å². The number of nitrogens with two attached hydrogens (primary N) is 1. The van der Waals surface area contributed by atoms with Crippen LogP contribution in [0.1, 0.15) is 38.2 Å². The van der Waals surface area contributed by atoms with Gasteiger partial charge in [0, 0.05) is 57.4 Å². The Bertz CT molecular complexity index is 666. The Hall–Kier alpha value is -1.58. The zero-order valence-electron chi connectivity index (χ0n) is 16.9. The van der Waals surface area contributed by atoms with Crippen LogP contribution in [0.3, 0.4) is 0 Å². The van der Waals surface area contributed by atoms with Gasteiger partial charge in [0.05, 0.1) is 0 Å². The number of nitrogens with zero attached hydrogens (tertiary/aromatic N) is 4. The molecule has 1 aromatic heterocycles. The number of guanidine groups is 1. The first kappa shape index (κ1) is 22.7. The number of nitrogens with one attached hydrogen (secondary N) is 1. The summed E-state index contributed by atoms with van der Waals surface area (Å²) in [6, 6.07) is 4.09. The molecule has 0 atom stereocenters. The molecule has 0 bridgehead atoms. The predicted molar refractivity (Wildman–Crippen MR) is 124 cm³/mol. The third-order valence-corrected chi connectivity index (χ3v) is 5.80. The number of likely N-dealkylation sites (tertiary alicyclic amines) is 1. The van der Waals surface area contributed by atoms with Crippen molar-refractivity contribution in [3.63, 3.8) is 0 Å². The molecule has 156 valence electrons. The maximum atomic E-state index is 11.4. The van der Waals surface area contributed by atoms with Crippen molar-refractivity contribution in [1.29, 1.82) is 0 Å². The molecule has 2 aliphatic rings. The lowest BCUT2D eigenvalue weighted by Gasteiger charge is -2.34. The van der Waals surface area contributed by atoms with Gasteiger partial charge in [-0.1, -0.05) is 13.0 Å². The summed E-state index contributed by atoms with van der Waals surface area (Å²) in [6.07, 6.45) is 5.86. The lowest BCUT2D eigenvalue weighted by molar-refractivity contribution is -0.122. The Labute approximate surface area is 185 Å². The molecule has 3 heterocycles. The van der Waals surface area contributed by atoms with E-state index in [4.69, 9.17) is 5.73 Å². The van der Waals surface area contributed by atoms with E-state index in [0.29, 0.717) is 6.54 Å². The molecule has 7 nitrogen and oxygen atoms in total. The Balaban J connectivity index is 0.00000280. The van der Waals surface area contributed by atoms with Crippen LogP contribution < -0.4 is 16.0 Å². The number of pyridine rings is 1. The summed E-state index contributed by atoms with van der Waals surface area (Å²) in [5, 5.41) is 3.51. The van der Waals surface area contributed by atoms with Gasteiger partial charge in [-0.05, 0) is 37.7 Å². The number of aliphatic imine (C=N–C) groups is 1. The average molecular weight is 500 g/mol. The van der Waals surface area contributed by atoms with Crippen molar-refractivity contribution in [2.24, 2.45) is 22.6 Å². The highest BCUT2D eigenvalue weighted by Gasteiger charge is 2.25. The second-order valence-electron chi connectivity index (χ2n) is 7.72. The lowest BCUT2D eigenvalue weighted by Crippen LogP contribution is -2.45. The van der Waals surface area contributed by atoms with Crippen LogP contribution in [0.4, 0.5) is 5.82 Å². The minimum atomic E-state index is -0.183. The molecule has 0 saturated carbocycles. The summed E-state index contributed by atoms with van der Waals surface area (Å²) in [5.41, 5.74) is 6.61. The minimum Gasteiger partial charge on any atom is -0.369 e. The normalized spacial score (nSPS) is 19.3. The van der Waals surface area contributed by atoms with E-state index in [1.54, 1.807) is 0 Å². The van der Waals surface area contributed by atoms with Gasteiger partial charge in [0.25, 0.3) is 0 Å². The monoisotopic (exact) mass is 500 g/mol. The fourth-order valence-corrected chi connectivity index (χ4v) is 3.96. The molecule has 8 heteroatoms. The van der Waals surface area contributed by atoms with Crippen molar-refractivity contribution in [1.82, 2.24) is 15.2 Å². The van der Waals surface area contributed by atoms with E-state index in [-0.39, 0.29) is 35.8 Å². The van der Waals surface area contributed by atoms with Crippen molar-refractivity contribution in [2.45, 2.75) is 39.2 Å². The van der Waals surface area contributed by atoms with E-state index in [1.165, 1.54) is 12.8 Å². The summed E-state index contributed by atoms with van der Waals surface area (Å²) in [5.74, 6) is 2.57. The van der Waals surface area contributed by atoms with Crippen molar-refractivity contribution in [3.8, 4) is 0 Å². The molecule has 28 heavy (non-hydrogen) atoms. The molecule has 0 aliphatic carbocycles. The quantitative estimate of drug-likeness (QED) is 0.376. The van der Waals surface area contributed by atoms with Gasteiger partial charge in [0.2, 0.25) is 5.91 Å². The maximum absolute atomic E-state index is 11.4. The van der Waals surface area contributed by atoms with Gasteiger partial charge in [0.15, 0.2) is 5.96 Å². The van der Waals surface area contributed by atoms with E-state index in [0.717, 1.165) is 62.3 Å². The van der Waals surface area contributed by atoms with Crippen LogP contribution in [0.25, 0.3) is 0 Å². The first-order valence-electron chi connectivity index (χ1n) is 10.0. The summed E-state index contributed by atoms with van der Waals surface area (Å²) in [4.78, 5) is 25.1. The second kappa shape index (κ2) is 10.8. The van der Waals surface area contributed by atoms with Crippen molar-refractivity contribution < 1.29 is 4.79 Å². The van der Waals surface area contributed by atoms with E-state index < -0.39 is 0 Å². The van der Waals surface area contributed by atoms with Crippen molar-refractivity contribution in [2.75, 3.05) is 38.1 Å². The number of carbonyl (C=O) groups excluding carboxylic acids is 1. The number of primary amides is 1. The van der Waals surface area contributed by atoms with Gasteiger partial charge in [-0.25, -0.2) is 4.98 Å². The molecule has 0 radical (unpaired) electrons. The molecule has 1 amide bonds. The number of carbonyl (C=O) groups is 1. The lowest BCUT2D eigenvalue weighted by atomic mass is 9.96. The molecule has 2 fully saturated rings. The summed E-state index contributed by atoms with van der Waals surface area (Å²) in [6.45, 7) is 6.75. The standard InChI is InChI=1S/C20H32N6O.HI/c1-15-5-10-26(11-6-15)20(22-2)24-14-17-4-3-9-23-19(17)25-12-7-16(8-13-25)18(21)27;/h3-4,9,15-16H,5-8,10-14H2,1-2H3,(H2,21,27)(H,22,24);1H. The number of halogens is 1. The summed E-state index contributed by atoms with van der Waals surface area (Å²) in [7, 11) is 1.85. The maximum Gasteiger partial charge on any atom is 0.220 e. The van der Waals surface area contributed by atoms with Crippen molar-refractivity contribution >= 4 is 41.7 Å². The molecule has 3 N–H and O–H groups in total. The molecule has 0 spiro atoms. The van der Waals surface area contributed by atoms with Gasteiger partial charge in [0.1, 0.15) is 5.82 Å². The third-order valence-electron chi connectivity index (χ3n) is 5.80. The van der Waals surface area contributed by atoms with Crippen LogP contribution in [0.2, 0.25) is 0 Å². The number of aromatic nitrogens is 1. The Morgan fingerprint density at radius 3 is 2.54 bits per heavy atom. The number of amides is 1. The third kappa shape index (κ3) is 5.71. The largest absolute Gasteiger partial charge is 0.369 e. The van der Waals surface area contributed by atoms with E-state index in [2.05, 4.69) is 38.1 Å². The highest BCUT2D eigenvalue weighted by Crippen LogP contribution is 2.24. The molecule has 2 saturated heterocycles. The van der Waals surface area contributed by atoms with Gasteiger partial charge in [-0.3, -0.25) is 9.79 Å². The fourth-order valence-electron chi connectivity index (χ4n) is 3.96. The Morgan fingerprint density at radius 2 is 1.93 bits per heavy atom. The van der Waals surface area contributed by atoms with E-state index >= 15 is 0 Å². The second-order valence-corrected chi connectivity index (χ2v) is 7.72. The van der Waals surface area contributed by atoms with Crippen LogP contribution >= 0.6 is 24.0 Å². The van der Waals surface area contributed by atoms with E-state index in [1.807, 2.05) is 19.3 Å². The molecule has 1 aromatic rings. The van der Waals surface area contributed by atoms with Crippen LogP contribution in [-0.2, 0) is 11.3 Å². The van der Waals surface area contributed by atoms with Crippen LogP contribution in [0.15, 0.2) is 23.3 Å². The number of anilines is 1. The van der Waals surface area contributed by atoms with Gasteiger partial charge in [-0.2, -0.15) is 0 Å². The molecule has 0 aromatic carbocycles. The summed E-state index contributed by atoms with van der Waals surface area (Å²) < 4.78 is 0. The predicted octanol–water partition coefficient (Wildman–Crippen LogP) is 2.21. The first-order valence-corrected chi connectivity index (χ1v) is 10.0. The molecule has 0 unspecified atom stereocenters. The van der Waals surface area contributed by atoms with Crippen LogP contribution in [0, 0.1) is 11.8 Å². The van der Waals surface area contributed by atoms with E-state index in [9.17, 15) is 4.79 Å². The minimum absolute atomic E-state index is 0. The molecular weight excluding hydrogens is 467 g/mol. The van der Waals surface area contributed by atoms with Crippen LogP contribution in [-0.4, -0.2) is 55.0 Å². The zero-order chi connectivity index (χ0) is 19.2. The van der Waals surface area contributed by atoms with Gasteiger partial charge in [-0.15, -0.1) is 24.0 Å². The Kier molecular flexibility index (Phi) is 8.78. The number of piperidine rings is 2. The molecular formula is C20H33IN6O. The number of hydrogen-bond acceptors (Lipinski definition) is 4. The topological polar surface area (TPSA) is 86.9 Å². The van der Waals surface area contributed by atoms with Crippen LogP contribution in [0.5, 0.6) is 0 Å². The average Bonchev–Trinajstić information content (AvgIpc) is 2.70. The fraction of sp³-hybridized carbons (Fsp3) is 0.650. The van der Waals surface area contributed by atoms with Gasteiger partial charge < -0.3 is 20.9 Å². The van der Waals surface area contributed by atoms with Gasteiger partial charge >= 0.3 is 0 Å². The highest BCUT2D eigenvalue weighted by molar-refractivity contribution is 14.0. The smallest absolute Gasteiger partial charge is 0.220 e. The highest BCUT2D eigenvalue weighted by atomic mass is 127. The summed E-state index contributed by atoms with van der Waals surface area (Å²) >= 11 is 0. The zero-order valence-corrected chi connectivity index (χ0v) is 19.3. The Morgan fingerprint density at radius 1 is 1.25 bits per heavy atom. The molecule has 2 aliphatic heterocycles. The number of rotatable bonds is 4. The first-order chi connectivity index (χ1) is 13.1. The molecule has 3 rings (SSSR count).